The number of hydrogen-bond donors (Lipinski definition) is 0. The van der Waals surface area contributed by atoms with Gasteiger partial charge in [-0.3, -0.25) is 18.5 Å². The van der Waals surface area contributed by atoms with Crippen molar-refractivity contribution in [2.45, 2.75) is 59.4 Å². The van der Waals surface area contributed by atoms with Gasteiger partial charge in [-0.2, -0.15) is 0 Å². The minimum Gasteiger partial charge on any atom is -0.433 e. The fraction of sp³-hybridized carbons (Fsp3) is 0.611. The molecule has 0 spiro atoms. The first kappa shape index (κ1) is 23.9. The summed E-state index contributed by atoms with van der Waals surface area (Å²) in [5.74, 6) is 0. The standard InChI is InChI=1S/C18H29ClNO6P/c1-17(2,3)25-27(22,26-18(4,5)6)24-12-14-10-8-9-11-15(14)20(7)16(21)23-13-19/h8-11H,12-13H2,1-7H3. The van der Waals surface area contributed by atoms with Crippen molar-refractivity contribution in [3.63, 3.8) is 0 Å². The van der Waals surface area contributed by atoms with Crippen LogP contribution in [0.2, 0.25) is 0 Å². The summed E-state index contributed by atoms with van der Waals surface area (Å²) in [6, 6.07) is 6.76. The minimum absolute atomic E-state index is 0.0852. The van der Waals surface area contributed by atoms with Crippen molar-refractivity contribution in [3.8, 4) is 0 Å². The van der Waals surface area contributed by atoms with E-state index < -0.39 is 25.1 Å². The van der Waals surface area contributed by atoms with Crippen LogP contribution in [0.5, 0.6) is 0 Å². The molecule has 0 bridgehead atoms. The lowest BCUT2D eigenvalue weighted by Crippen LogP contribution is -2.28. The van der Waals surface area contributed by atoms with Gasteiger partial charge in [-0.15, -0.1) is 0 Å². The van der Waals surface area contributed by atoms with Crippen LogP contribution in [0.4, 0.5) is 10.5 Å². The Bertz CT molecular complexity index is 663. The molecule has 1 amide bonds. The first-order valence-electron chi connectivity index (χ1n) is 8.47. The molecule has 0 aliphatic heterocycles. The van der Waals surface area contributed by atoms with Gasteiger partial charge in [0.15, 0.2) is 6.07 Å². The van der Waals surface area contributed by atoms with E-state index in [1.165, 1.54) is 4.90 Å². The van der Waals surface area contributed by atoms with Gasteiger partial charge < -0.3 is 4.74 Å². The molecule has 0 fully saturated rings. The van der Waals surface area contributed by atoms with Crippen LogP contribution < -0.4 is 4.90 Å². The van der Waals surface area contributed by atoms with E-state index in [1.807, 2.05) is 0 Å². The molecule has 0 heterocycles. The van der Waals surface area contributed by atoms with Crippen LogP contribution in [0.1, 0.15) is 47.1 Å². The number of ether oxygens (including phenoxy) is 1. The van der Waals surface area contributed by atoms with Crippen LogP contribution in [0, 0.1) is 0 Å². The highest BCUT2D eigenvalue weighted by Gasteiger charge is 2.37. The smallest absolute Gasteiger partial charge is 0.433 e. The number of carbonyl (C=O) groups excluding carboxylic acids is 1. The molecule has 0 unspecified atom stereocenters. The third kappa shape index (κ3) is 8.62. The molecule has 0 atom stereocenters. The summed E-state index contributed by atoms with van der Waals surface area (Å²) >= 11 is 5.45. The first-order valence-corrected chi connectivity index (χ1v) is 10.5. The number of carbonyl (C=O) groups is 1. The van der Waals surface area contributed by atoms with Crippen molar-refractivity contribution >= 4 is 31.2 Å². The Hall–Kier alpha value is -1.11. The lowest BCUT2D eigenvalue weighted by molar-refractivity contribution is 0.000906. The lowest BCUT2D eigenvalue weighted by Gasteiger charge is -2.31. The van der Waals surface area contributed by atoms with Crippen molar-refractivity contribution in [3.05, 3.63) is 29.8 Å². The number of nitrogens with zero attached hydrogens (tertiary/aromatic N) is 1. The molecule has 1 aromatic carbocycles. The van der Waals surface area contributed by atoms with Gasteiger partial charge in [0.2, 0.25) is 0 Å². The van der Waals surface area contributed by atoms with Gasteiger partial charge in [-0.1, -0.05) is 29.8 Å². The van der Waals surface area contributed by atoms with Gasteiger partial charge in [0.25, 0.3) is 0 Å². The second-order valence-corrected chi connectivity index (χ2v) is 9.57. The molecule has 9 heteroatoms. The average Bonchev–Trinajstić information content (AvgIpc) is 2.49. The molecule has 0 aromatic heterocycles. The van der Waals surface area contributed by atoms with Crippen LogP contribution in [0.3, 0.4) is 0 Å². The van der Waals surface area contributed by atoms with E-state index in [0.717, 1.165) is 0 Å². The number of phosphoric acid groups is 1. The number of amides is 1. The van der Waals surface area contributed by atoms with Crippen molar-refractivity contribution in [1.29, 1.82) is 0 Å². The summed E-state index contributed by atoms with van der Waals surface area (Å²) in [4.78, 5) is 13.2. The number of halogens is 1. The quantitative estimate of drug-likeness (QED) is 0.414. The van der Waals surface area contributed by atoms with Gasteiger partial charge >= 0.3 is 13.9 Å². The normalized spacial score (nSPS) is 12.7. The molecule has 0 saturated carbocycles. The van der Waals surface area contributed by atoms with E-state index >= 15 is 0 Å². The highest BCUT2D eigenvalue weighted by atomic mass is 35.5. The highest BCUT2D eigenvalue weighted by molar-refractivity contribution is 7.48. The maximum atomic E-state index is 13.1. The van der Waals surface area contributed by atoms with Crippen molar-refractivity contribution in [1.82, 2.24) is 0 Å². The molecule has 1 aromatic rings. The molecule has 0 N–H and O–H groups in total. The molecule has 1 rings (SSSR count). The summed E-state index contributed by atoms with van der Waals surface area (Å²) in [7, 11) is -2.32. The maximum absolute atomic E-state index is 13.1. The molecule has 0 saturated heterocycles. The van der Waals surface area contributed by atoms with E-state index in [-0.39, 0.29) is 12.7 Å². The van der Waals surface area contributed by atoms with Crippen LogP contribution in [-0.4, -0.2) is 30.4 Å². The molecule has 7 nitrogen and oxygen atoms in total. The van der Waals surface area contributed by atoms with E-state index in [9.17, 15) is 9.36 Å². The number of rotatable bonds is 7. The van der Waals surface area contributed by atoms with Gasteiger partial charge in [0.1, 0.15) is 0 Å². The Morgan fingerprint density at radius 1 is 1.07 bits per heavy atom. The van der Waals surface area contributed by atoms with Crippen molar-refractivity contribution < 1.29 is 27.7 Å². The SMILES string of the molecule is CN(C(=O)OCCl)c1ccccc1COP(=O)(OC(C)(C)C)OC(C)(C)C. The molecular formula is C18H29ClNO6P. The van der Waals surface area contributed by atoms with Crippen molar-refractivity contribution in [2.24, 2.45) is 0 Å². The third-order valence-corrected chi connectivity index (χ3v) is 5.05. The first-order chi connectivity index (χ1) is 12.3. The lowest BCUT2D eigenvalue weighted by atomic mass is 10.2. The summed E-state index contributed by atoms with van der Waals surface area (Å²) in [6.07, 6.45) is -0.613. The van der Waals surface area contributed by atoms with E-state index in [4.69, 9.17) is 29.9 Å². The number of hydrogen-bond acceptors (Lipinski definition) is 6. The summed E-state index contributed by atoms with van der Waals surface area (Å²) in [6.45, 7) is 10.5. The van der Waals surface area contributed by atoms with Crippen LogP contribution >= 0.6 is 19.4 Å². The van der Waals surface area contributed by atoms with Gasteiger partial charge in [-0.05, 0) is 47.6 Å². The van der Waals surface area contributed by atoms with E-state index in [1.54, 1.807) is 72.9 Å². The fourth-order valence-corrected chi connectivity index (χ4v) is 3.97. The van der Waals surface area contributed by atoms with E-state index in [2.05, 4.69) is 0 Å². The van der Waals surface area contributed by atoms with Crippen LogP contribution in [0.15, 0.2) is 24.3 Å². The van der Waals surface area contributed by atoms with Crippen LogP contribution in [-0.2, 0) is 29.5 Å². The molecular weight excluding hydrogens is 393 g/mol. The third-order valence-electron chi connectivity index (χ3n) is 2.95. The number of phosphoric ester groups is 1. The van der Waals surface area contributed by atoms with Gasteiger partial charge in [-0.25, -0.2) is 9.36 Å². The summed E-state index contributed by atoms with van der Waals surface area (Å²) in [5.41, 5.74) is -0.324. The Morgan fingerprint density at radius 2 is 1.59 bits per heavy atom. The molecule has 0 aliphatic rings. The topological polar surface area (TPSA) is 74.3 Å². The van der Waals surface area contributed by atoms with Gasteiger partial charge in [0, 0.05) is 12.6 Å². The number of alkyl halides is 1. The number of para-hydroxylation sites is 1. The molecule has 0 aliphatic carbocycles. The Balaban J connectivity index is 3.05. The molecule has 154 valence electrons. The predicted molar refractivity (Wildman–Crippen MR) is 106 cm³/mol. The number of anilines is 1. The largest absolute Gasteiger partial charge is 0.476 e. The van der Waals surface area contributed by atoms with E-state index in [0.29, 0.717) is 11.3 Å². The zero-order valence-electron chi connectivity index (χ0n) is 16.9. The Labute approximate surface area is 166 Å². The Kier molecular flexibility index (Phi) is 8.32. The molecule has 27 heavy (non-hydrogen) atoms. The van der Waals surface area contributed by atoms with Gasteiger partial charge in [0.05, 0.1) is 23.5 Å². The average molecular weight is 422 g/mol. The highest BCUT2D eigenvalue weighted by Crippen LogP contribution is 2.56. The fourth-order valence-electron chi connectivity index (χ4n) is 2.09. The zero-order valence-corrected chi connectivity index (χ0v) is 18.6. The van der Waals surface area contributed by atoms with Crippen LogP contribution in [0.25, 0.3) is 0 Å². The second-order valence-electron chi connectivity index (χ2n) is 7.84. The summed E-state index contributed by atoms with van der Waals surface area (Å²) < 4.78 is 34.7. The zero-order chi connectivity index (χ0) is 20.9. The second kappa shape index (κ2) is 9.39. The van der Waals surface area contributed by atoms with Crippen molar-refractivity contribution in [2.75, 3.05) is 18.0 Å². The predicted octanol–water partition coefficient (Wildman–Crippen LogP) is 5.71. The number of benzene rings is 1. The summed E-state index contributed by atoms with van der Waals surface area (Å²) in [5, 5.41) is 0. The molecule has 0 radical (unpaired) electrons. The maximum Gasteiger partial charge on any atom is 0.476 e. The Morgan fingerprint density at radius 3 is 2.07 bits per heavy atom. The monoisotopic (exact) mass is 421 g/mol. The minimum atomic E-state index is -3.87.